The smallest absolute Gasteiger partial charge is 0.355 e. The Morgan fingerprint density at radius 3 is 2.26 bits per heavy atom. The van der Waals surface area contributed by atoms with E-state index in [1.54, 1.807) is 0 Å². The lowest BCUT2D eigenvalue weighted by Gasteiger charge is -2.26. The van der Waals surface area contributed by atoms with Crippen LogP contribution in [0.2, 0.25) is 0 Å². The minimum atomic E-state index is -1.09. The van der Waals surface area contributed by atoms with Gasteiger partial charge in [0.1, 0.15) is 0 Å². The molecule has 0 radical (unpaired) electrons. The van der Waals surface area contributed by atoms with Crippen molar-refractivity contribution in [3.63, 3.8) is 0 Å². The Balaban J connectivity index is 1.50. The third-order valence-corrected chi connectivity index (χ3v) is 5.98. The lowest BCUT2D eigenvalue weighted by Crippen LogP contribution is -2.35. The van der Waals surface area contributed by atoms with E-state index >= 15 is 0 Å². The van der Waals surface area contributed by atoms with Gasteiger partial charge in [0.05, 0.1) is 18.9 Å². The Morgan fingerprint density at radius 2 is 1.66 bits per heavy atom. The van der Waals surface area contributed by atoms with E-state index in [2.05, 4.69) is 45.8 Å². The number of carboxylic acids is 1. The van der Waals surface area contributed by atoms with Crippen LogP contribution in [0.4, 0.5) is 5.95 Å². The quantitative estimate of drug-likeness (QED) is 0.503. The molecule has 0 bridgehead atoms. The Kier molecular flexibility index (Phi) is 8.09. The van der Waals surface area contributed by atoms with Crippen molar-refractivity contribution in [2.24, 2.45) is 0 Å². The highest BCUT2D eigenvalue weighted by Gasteiger charge is 2.19. The van der Waals surface area contributed by atoms with Crippen LogP contribution in [0.15, 0.2) is 48.5 Å². The number of unbranched alkanes of at least 4 members (excludes halogenated alkanes) is 1. The minimum Gasteiger partial charge on any atom is -0.476 e. The normalized spacial score (nSPS) is 13.7. The maximum Gasteiger partial charge on any atom is 0.355 e. The number of nitrogens with zero attached hydrogens (tertiary/aromatic N) is 3. The van der Waals surface area contributed by atoms with E-state index in [1.165, 1.54) is 5.56 Å². The van der Waals surface area contributed by atoms with Crippen LogP contribution < -0.4 is 5.73 Å². The van der Waals surface area contributed by atoms with Crippen LogP contribution >= 0.6 is 0 Å². The predicted octanol–water partition coefficient (Wildman–Crippen LogP) is 4.00. The van der Waals surface area contributed by atoms with E-state index in [4.69, 9.17) is 10.5 Å². The number of morpholine rings is 1. The van der Waals surface area contributed by atoms with E-state index in [-0.39, 0.29) is 11.6 Å². The molecule has 3 aromatic rings. The van der Waals surface area contributed by atoms with Crippen molar-refractivity contribution in [2.45, 2.75) is 32.7 Å². The second kappa shape index (κ2) is 11.6. The van der Waals surface area contributed by atoms with Crippen LogP contribution in [0.25, 0.3) is 11.3 Å². The summed E-state index contributed by atoms with van der Waals surface area (Å²) in [6.07, 6.45) is 2.36. The van der Waals surface area contributed by atoms with Crippen LogP contribution in [0.5, 0.6) is 0 Å². The molecule has 0 atom stereocenters. The number of hydrogen-bond acceptors (Lipinski definition) is 6. The van der Waals surface area contributed by atoms with E-state index < -0.39 is 5.97 Å². The molecule has 3 N–H and O–H groups in total. The first-order valence-corrected chi connectivity index (χ1v) is 11.9. The standard InChI is InChI=1S/C28H30N4O3/c1-2-3-4-24-25(30-28(29)31-26(24)27(33)34)23-13-11-21(12-14-23)6-5-20-7-9-22(10-8-20)19-32-15-17-35-18-16-32/h7-14H,2-4,15-19H2,1H3,(H,33,34)(H2,29,30,31). The fraction of sp³-hybridized carbons (Fsp3) is 0.321. The van der Waals surface area contributed by atoms with Gasteiger partial charge in [0.2, 0.25) is 5.95 Å². The lowest BCUT2D eigenvalue weighted by atomic mass is 9.98. The molecular formula is C28H30N4O3. The molecule has 2 heterocycles. The molecule has 7 nitrogen and oxygen atoms in total. The second-order valence-corrected chi connectivity index (χ2v) is 8.58. The highest BCUT2D eigenvalue weighted by Crippen LogP contribution is 2.26. The topological polar surface area (TPSA) is 102 Å². The fourth-order valence-electron chi connectivity index (χ4n) is 4.07. The zero-order chi connectivity index (χ0) is 24.6. The highest BCUT2D eigenvalue weighted by molar-refractivity contribution is 5.90. The first-order valence-electron chi connectivity index (χ1n) is 11.9. The number of aromatic carboxylic acids is 1. The molecule has 1 aromatic heterocycles. The number of hydrogen-bond donors (Lipinski definition) is 2. The number of benzene rings is 2. The summed E-state index contributed by atoms with van der Waals surface area (Å²) in [4.78, 5) is 22.5. The van der Waals surface area contributed by atoms with Gasteiger partial charge in [-0.25, -0.2) is 14.8 Å². The Bertz CT molecular complexity index is 1220. The summed E-state index contributed by atoms with van der Waals surface area (Å²) in [6, 6.07) is 16.0. The number of carbonyl (C=O) groups is 1. The molecule has 0 unspecified atom stereocenters. The van der Waals surface area contributed by atoms with Gasteiger partial charge in [-0.3, -0.25) is 4.90 Å². The third-order valence-electron chi connectivity index (χ3n) is 5.98. The molecule has 180 valence electrons. The molecule has 0 amide bonds. The van der Waals surface area contributed by atoms with Gasteiger partial charge in [-0.1, -0.05) is 49.5 Å². The van der Waals surface area contributed by atoms with Crippen LogP contribution in [-0.4, -0.2) is 52.2 Å². The summed E-state index contributed by atoms with van der Waals surface area (Å²) in [5, 5.41) is 9.61. The first kappa shape index (κ1) is 24.4. The number of aromatic nitrogens is 2. The van der Waals surface area contributed by atoms with E-state index in [0.717, 1.165) is 62.4 Å². The molecule has 7 heteroatoms. The maximum atomic E-state index is 11.7. The zero-order valence-electron chi connectivity index (χ0n) is 20.0. The van der Waals surface area contributed by atoms with E-state index in [0.29, 0.717) is 17.7 Å². The molecule has 1 fully saturated rings. The van der Waals surface area contributed by atoms with Gasteiger partial charge in [0, 0.05) is 41.9 Å². The molecule has 1 aliphatic heterocycles. The molecule has 1 saturated heterocycles. The molecule has 0 aliphatic carbocycles. The minimum absolute atomic E-state index is 0.0260. The number of anilines is 1. The van der Waals surface area contributed by atoms with Gasteiger partial charge in [-0.05, 0) is 42.7 Å². The molecule has 2 aromatic carbocycles. The van der Waals surface area contributed by atoms with Crippen molar-refractivity contribution in [2.75, 3.05) is 32.0 Å². The summed E-state index contributed by atoms with van der Waals surface area (Å²) in [5.41, 5.74) is 10.9. The number of nitrogens with two attached hydrogens (primary N) is 1. The number of ether oxygens (including phenoxy) is 1. The monoisotopic (exact) mass is 470 g/mol. The largest absolute Gasteiger partial charge is 0.476 e. The van der Waals surface area contributed by atoms with Crippen LogP contribution in [0, 0.1) is 11.8 Å². The fourth-order valence-corrected chi connectivity index (χ4v) is 4.07. The summed E-state index contributed by atoms with van der Waals surface area (Å²) in [5.74, 6) is 5.28. The average molecular weight is 471 g/mol. The Labute approximate surface area is 206 Å². The van der Waals surface area contributed by atoms with Gasteiger partial charge in [0.25, 0.3) is 0 Å². The molecule has 4 rings (SSSR count). The summed E-state index contributed by atoms with van der Waals surface area (Å²) < 4.78 is 5.41. The van der Waals surface area contributed by atoms with Gasteiger partial charge >= 0.3 is 5.97 Å². The SMILES string of the molecule is CCCCc1c(C(=O)O)nc(N)nc1-c1ccc(C#Cc2ccc(CN3CCOCC3)cc2)cc1. The lowest BCUT2D eigenvalue weighted by molar-refractivity contribution is 0.0342. The Morgan fingerprint density at radius 1 is 1.03 bits per heavy atom. The van der Waals surface area contributed by atoms with Gasteiger partial charge in [0.15, 0.2) is 5.69 Å². The van der Waals surface area contributed by atoms with Crippen molar-refractivity contribution in [1.29, 1.82) is 0 Å². The van der Waals surface area contributed by atoms with Crippen LogP contribution in [-0.2, 0) is 17.7 Å². The van der Waals surface area contributed by atoms with Crippen molar-refractivity contribution in [3.8, 4) is 23.1 Å². The second-order valence-electron chi connectivity index (χ2n) is 8.58. The summed E-state index contributed by atoms with van der Waals surface area (Å²) >= 11 is 0. The van der Waals surface area contributed by atoms with Gasteiger partial charge in [-0.2, -0.15) is 0 Å². The van der Waals surface area contributed by atoms with Crippen molar-refractivity contribution < 1.29 is 14.6 Å². The van der Waals surface area contributed by atoms with Crippen LogP contribution in [0.1, 0.15) is 52.5 Å². The van der Waals surface area contributed by atoms with Crippen molar-refractivity contribution in [3.05, 3.63) is 76.5 Å². The van der Waals surface area contributed by atoms with Crippen LogP contribution in [0.3, 0.4) is 0 Å². The molecular weight excluding hydrogens is 440 g/mol. The maximum absolute atomic E-state index is 11.7. The number of carboxylic acid groups (broad SMARTS) is 1. The summed E-state index contributed by atoms with van der Waals surface area (Å²) in [6.45, 7) is 6.52. The highest BCUT2D eigenvalue weighted by atomic mass is 16.5. The molecule has 0 saturated carbocycles. The predicted molar refractivity (Wildman–Crippen MR) is 136 cm³/mol. The van der Waals surface area contributed by atoms with Gasteiger partial charge < -0.3 is 15.6 Å². The zero-order valence-corrected chi connectivity index (χ0v) is 20.0. The number of nitrogen functional groups attached to an aromatic ring is 1. The average Bonchev–Trinajstić information content (AvgIpc) is 2.88. The first-order chi connectivity index (χ1) is 17.0. The van der Waals surface area contributed by atoms with Crippen molar-refractivity contribution >= 4 is 11.9 Å². The summed E-state index contributed by atoms with van der Waals surface area (Å²) in [7, 11) is 0. The third kappa shape index (κ3) is 6.44. The Hall–Kier alpha value is -3.73. The van der Waals surface area contributed by atoms with E-state index in [9.17, 15) is 9.90 Å². The van der Waals surface area contributed by atoms with Gasteiger partial charge in [-0.15, -0.1) is 0 Å². The molecule has 0 spiro atoms. The van der Waals surface area contributed by atoms with Crippen molar-refractivity contribution in [1.82, 2.24) is 14.9 Å². The van der Waals surface area contributed by atoms with E-state index in [1.807, 2.05) is 36.4 Å². The molecule has 35 heavy (non-hydrogen) atoms. The molecule has 1 aliphatic rings. The number of rotatable bonds is 7.